The van der Waals surface area contributed by atoms with E-state index in [0.29, 0.717) is 31.9 Å². The van der Waals surface area contributed by atoms with Gasteiger partial charge in [-0.05, 0) is 69.7 Å². The van der Waals surface area contributed by atoms with Gasteiger partial charge >= 0.3 is 0 Å². The predicted octanol–water partition coefficient (Wildman–Crippen LogP) is 6.27. The van der Waals surface area contributed by atoms with Crippen LogP contribution < -0.4 is 10.6 Å². The van der Waals surface area contributed by atoms with Crippen LogP contribution in [0.1, 0.15) is 39.6 Å². The number of aryl methyl sites for hydroxylation is 3. The Morgan fingerprint density at radius 2 is 1.88 bits per heavy atom. The van der Waals surface area contributed by atoms with Gasteiger partial charge in [0.25, 0.3) is 5.91 Å². The summed E-state index contributed by atoms with van der Waals surface area (Å²) in [7, 11) is 0. The molecule has 2 aromatic carbocycles. The van der Waals surface area contributed by atoms with Crippen LogP contribution in [0.2, 0.25) is 5.02 Å². The van der Waals surface area contributed by atoms with Crippen LogP contribution in [-0.2, 0) is 4.79 Å². The summed E-state index contributed by atoms with van der Waals surface area (Å²) in [5, 5.41) is 10.7. The molecule has 0 bridgehead atoms. The minimum Gasteiger partial charge on any atom is -0.323 e. The van der Waals surface area contributed by atoms with Crippen LogP contribution in [0.3, 0.4) is 0 Å². The van der Waals surface area contributed by atoms with Gasteiger partial charge in [0.2, 0.25) is 5.91 Å². The molecule has 2 N–H and O–H groups in total. The van der Waals surface area contributed by atoms with Gasteiger partial charge in [0.1, 0.15) is 11.9 Å². The largest absolute Gasteiger partial charge is 0.323 e. The van der Waals surface area contributed by atoms with Gasteiger partial charge < -0.3 is 10.6 Å². The molecular formula is C24H22ClFN4O2S. The lowest BCUT2D eigenvalue weighted by atomic mass is 10.1. The predicted molar refractivity (Wildman–Crippen MR) is 131 cm³/mol. The van der Waals surface area contributed by atoms with Crippen molar-refractivity contribution in [2.24, 2.45) is 0 Å². The number of amides is 2. The van der Waals surface area contributed by atoms with Gasteiger partial charge in [0.05, 0.1) is 21.3 Å². The van der Waals surface area contributed by atoms with E-state index in [0.717, 1.165) is 11.4 Å². The number of halogens is 2. The first-order valence-electron chi connectivity index (χ1n) is 10.3. The first-order chi connectivity index (χ1) is 15.7. The molecule has 0 saturated heterocycles. The maximum atomic E-state index is 14.2. The SMILES string of the molecule is Cc1cc(C)n([C@@H](C)C(=O)Nc2ccc(NC(=O)c3sc4cccc(F)c4c3C)cc2Cl)n1. The van der Waals surface area contributed by atoms with Gasteiger partial charge in [-0.25, -0.2) is 4.39 Å². The van der Waals surface area contributed by atoms with Crippen LogP contribution in [0.5, 0.6) is 0 Å². The Morgan fingerprint density at radius 3 is 2.52 bits per heavy atom. The molecular weight excluding hydrogens is 463 g/mol. The zero-order valence-electron chi connectivity index (χ0n) is 18.5. The first-order valence-corrected chi connectivity index (χ1v) is 11.5. The molecule has 0 saturated carbocycles. The molecule has 0 unspecified atom stereocenters. The average Bonchev–Trinajstić information content (AvgIpc) is 3.28. The van der Waals surface area contributed by atoms with E-state index in [-0.39, 0.29) is 22.7 Å². The number of anilines is 2. The minimum absolute atomic E-state index is 0.261. The number of fused-ring (bicyclic) bond motifs is 1. The lowest BCUT2D eigenvalue weighted by Gasteiger charge is -2.16. The monoisotopic (exact) mass is 484 g/mol. The summed E-state index contributed by atoms with van der Waals surface area (Å²) in [4.78, 5) is 26.0. The van der Waals surface area contributed by atoms with Crippen LogP contribution in [0, 0.1) is 26.6 Å². The first kappa shape index (κ1) is 22.9. The van der Waals surface area contributed by atoms with Crippen molar-refractivity contribution in [3.05, 3.63) is 75.1 Å². The van der Waals surface area contributed by atoms with E-state index in [2.05, 4.69) is 15.7 Å². The molecule has 0 radical (unpaired) electrons. The summed E-state index contributed by atoms with van der Waals surface area (Å²) in [6, 6.07) is 11.0. The highest BCUT2D eigenvalue weighted by Crippen LogP contribution is 2.33. The third kappa shape index (κ3) is 4.49. The molecule has 1 atom stereocenters. The number of hydrogen-bond acceptors (Lipinski definition) is 4. The molecule has 9 heteroatoms. The Kier molecular flexibility index (Phi) is 6.23. The number of nitrogens with zero attached hydrogens (tertiary/aromatic N) is 2. The van der Waals surface area contributed by atoms with Crippen molar-refractivity contribution in [2.75, 3.05) is 10.6 Å². The second kappa shape index (κ2) is 8.96. The van der Waals surface area contributed by atoms with E-state index < -0.39 is 6.04 Å². The highest BCUT2D eigenvalue weighted by Gasteiger charge is 2.20. The maximum Gasteiger partial charge on any atom is 0.266 e. The van der Waals surface area contributed by atoms with E-state index in [4.69, 9.17) is 11.6 Å². The van der Waals surface area contributed by atoms with Crippen molar-refractivity contribution in [3.63, 3.8) is 0 Å². The number of carbonyl (C=O) groups excluding carboxylic acids is 2. The second-order valence-corrected chi connectivity index (χ2v) is 9.31. The number of rotatable bonds is 5. The van der Waals surface area contributed by atoms with E-state index >= 15 is 0 Å². The van der Waals surface area contributed by atoms with Crippen LogP contribution in [0.25, 0.3) is 10.1 Å². The van der Waals surface area contributed by atoms with E-state index in [1.165, 1.54) is 17.4 Å². The molecule has 0 aliphatic rings. The Balaban J connectivity index is 1.49. The topological polar surface area (TPSA) is 76.0 Å². The van der Waals surface area contributed by atoms with Gasteiger partial charge in [-0.15, -0.1) is 11.3 Å². The quantitative estimate of drug-likeness (QED) is 0.350. The Morgan fingerprint density at radius 1 is 1.12 bits per heavy atom. The fourth-order valence-electron chi connectivity index (χ4n) is 3.74. The number of carbonyl (C=O) groups is 2. The number of hydrogen-bond donors (Lipinski definition) is 2. The maximum absolute atomic E-state index is 14.2. The molecule has 0 spiro atoms. The highest BCUT2D eigenvalue weighted by atomic mass is 35.5. The van der Waals surface area contributed by atoms with Crippen molar-refractivity contribution in [1.29, 1.82) is 0 Å². The van der Waals surface area contributed by atoms with Crippen LogP contribution in [-0.4, -0.2) is 21.6 Å². The smallest absolute Gasteiger partial charge is 0.266 e. The summed E-state index contributed by atoms with van der Waals surface area (Å²) < 4.78 is 16.5. The van der Waals surface area contributed by atoms with E-state index in [9.17, 15) is 14.0 Å². The normalized spacial score (nSPS) is 12.1. The second-order valence-electron chi connectivity index (χ2n) is 7.85. The molecule has 2 heterocycles. The van der Waals surface area contributed by atoms with Crippen molar-refractivity contribution < 1.29 is 14.0 Å². The molecule has 0 aliphatic carbocycles. The molecule has 0 fully saturated rings. The minimum atomic E-state index is -0.523. The zero-order chi connectivity index (χ0) is 23.9. The fourth-order valence-corrected chi connectivity index (χ4v) is 5.08. The number of nitrogens with one attached hydrogen (secondary N) is 2. The molecule has 170 valence electrons. The molecule has 33 heavy (non-hydrogen) atoms. The lowest BCUT2D eigenvalue weighted by Crippen LogP contribution is -2.25. The van der Waals surface area contributed by atoms with Gasteiger partial charge in [-0.1, -0.05) is 17.7 Å². The van der Waals surface area contributed by atoms with Gasteiger partial charge in [0.15, 0.2) is 0 Å². The van der Waals surface area contributed by atoms with Crippen molar-refractivity contribution >= 4 is 56.2 Å². The molecule has 6 nitrogen and oxygen atoms in total. The van der Waals surface area contributed by atoms with Gasteiger partial charge in [-0.3, -0.25) is 14.3 Å². The Hall–Kier alpha value is -3.23. The third-order valence-electron chi connectivity index (χ3n) is 5.38. The highest BCUT2D eigenvalue weighted by molar-refractivity contribution is 7.21. The van der Waals surface area contributed by atoms with Crippen molar-refractivity contribution in [1.82, 2.24) is 9.78 Å². The summed E-state index contributed by atoms with van der Waals surface area (Å²) in [5.74, 6) is -0.958. The van der Waals surface area contributed by atoms with Crippen LogP contribution >= 0.6 is 22.9 Å². The zero-order valence-corrected chi connectivity index (χ0v) is 20.1. The van der Waals surface area contributed by atoms with Crippen LogP contribution in [0.15, 0.2) is 42.5 Å². The third-order valence-corrected chi connectivity index (χ3v) is 6.95. The molecule has 4 rings (SSSR count). The van der Waals surface area contributed by atoms with Crippen molar-refractivity contribution in [3.8, 4) is 0 Å². The molecule has 4 aromatic rings. The summed E-state index contributed by atoms with van der Waals surface area (Å²) >= 11 is 7.60. The van der Waals surface area contributed by atoms with Crippen LogP contribution in [0.4, 0.5) is 15.8 Å². The van der Waals surface area contributed by atoms with Gasteiger partial charge in [0, 0.05) is 21.5 Å². The average molecular weight is 485 g/mol. The number of benzene rings is 2. The van der Waals surface area contributed by atoms with E-state index in [1.54, 1.807) is 48.9 Å². The lowest BCUT2D eigenvalue weighted by molar-refractivity contribution is -0.119. The molecule has 0 aliphatic heterocycles. The fraction of sp³-hybridized carbons (Fsp3) is 0.208. The Bertz CT molecular complexity index is 1390. The molecule has 2 amide bonds. The van der Waals surface area contributed by atoms with Crippen molar-refractivity contribution in [2.45, 2.75) is 33.7 Å². The summed E-state index contributed by atoms with van der Waals surface area (Å²) in [6.07, 6.45) is 0. The number of thiophene rings is 1. The van der Waals surface area contributed by atoms with E-state index in [1.807, 2.05) is 19.9 Å². The summed E-state index contributed by atoms with van der Waals surface area (Å²) in [6.45, 7) is 7.25. The standard InChI is InChI=1S/C24H22ClFN4O2S/c1-12-10-13(2)30(29-12)15(4)23(31)28-19-9-8-16(11-17(19)25)27-24(32)22-14(3)21-18(26)6-5-7-20(21)33-22/h5-11,15H,1-4H3,(H,27,32)(H,28,31)/t15-/m0/s1. The summed E-state index contributed by atoms with van der Waals surface area (Å²) in [5.41, 5.74) is 3.21. The molecule has 2 aromatic heterocycles. The van der Waals surface area contributed by atoms with Gasteiger partial charge in [-0.2, -0.15) is 5.10 Å². The Labute approximate surface area is 199 Å². The number of aromatic nitrogens is 2.